The number of benzene rings is 1. The van der Waals surface area contributed by atoms with Gasteiger partial charge in [-0.1, -0.05) is 29.3 Å². The van der Waals surface area contributed by atoms with E-state index in [4.69, 9.17) is 32.7 Å². The molecule has 0 fully saturated rings. The van der Waals surface area contributed by atoms with Crippen LogP contribution < -0.4 is 0 Å². The Bertz CT molecular complexity index is 883. The molecule has 8 heteroatoms. The Morgan fingerprint density at radius 3 is 2.22 bits per heavy atom. The molecule has 2 aromatic rings. The van der Waals surface area contributed by atoms with Crippen molar-refractivity contribution >= 4 is 40.9 Å². The molecule has 2 rings (SSSR count). The molecule has 0 radical (unpaired) electrons. The average molecular weight is 412 g/mol. The zero-order chi connectivity index (χ0) is 20.3. The van der Waals surface area contributed by atoms with Crippen LogP contribution in [0.25, 0.3) is 0 Å². The Labute approximate surface area is 166 Å². The Balaban J connectivity index is 2.24. The van der Waals surface area contributed by atoms with Gasteiger partial charge in [0.25, 0.3) is 0 Å². The van der Waals surface area contributed by atoms with Crippen LogP contribution in [-0.2, 0) is 9.47 Å². The highest BCUT2D eigenvalue weighted by Gasteiger charge is 2.28. The van der Waals surface area contributed by atoms with E-state index in [2.05, 4.69) is 4.98 Å². The molecule has 0 aliphatic carbocycles. The Hall–Kier alpha value is -2.31. The summed E-state index contributed by atoms with van der Waals surface area (Å²) in [6, 6.07) is 4.60. The van der Waals surface area contributed by atoms with E-state index in [-0.39, 0.29) is 27.9 Å². The summed E-state index contributed by atoms with van der Waals surface area (Å²) in [6.07, 6.45) is -1.11. The molecule has 27 heavy (non-hydrogen) atoms. The second kappa shape index (κ2) is 8.59. The Morgan fingerprint density at radius 2 is 1.67 bits per heavy atom. The van der Waals surface area contributed by atoms with Crippen LogP contribution in [0.1, 0.15) is 56.3 Å². The van der Waals surface area contributed by atoms with Gasteiger partial charge in [-0.15, -0.1) is 0 Å². The number of nitrogens with one attached hydrogen (secondary N) is 1. The smallest absolute Gasteiger partial charge is 0.341 e. The summed E-state index contributed by atoms with van der Waals surface area (Å²) in [6.45, 7) is 6.64. The fourth-order valence-electron chi connectivity index (χ4n) is 2.67. The number of ether oxygens (including phenoxy) is 2. The summed E-state index contributed by atoms with van der Waals surface area (Å²) in [5.74, 6) is -1.81. The van der Waals surface area contributed by atoms with E-state index in [1.54, 1.807) is 26.8 Å². The minimum Gasteiger partial charge on any atom is -0.462 e. The molecule has 0 spiro atoms. The minimum atomic E-state index is -1.11. The molecule has 1 N–H and O–H groups in total. The highest BCUT2D eigenvalue weighted by Crippen LogP contribution is 2.26. The summed E-state index contributed by atoms with van der Waals surface area (Å²) in [5.41, 5.74) is 1.41. The number of aryl methyl sites for hydroxylation is 1. The van der Waals surface area contributed by atoms with Crippen molar-refractivity contribution in [3.8, 4) is 0 Å². The number of Topliss-reactive ketones (excluding diaryl/α,β-unsaturated/α-hetero) is 1. The number of hydrogen-bond acceptors (Lipinski definition) is 5. The lowest BCUT2D eigenvalue weighted by molar-refractivity contribution is 0.0317. The van der Waals surface area contributed by atoms with Crippen LogP contribution in [0, 0.1) is 13.8 Å². The lowest BCUT2D eigenvalue weighted by atomic mass is 10.1. The molecule has 0 bridgehead atoms. The Morgan fingerprint density at radius 1 is 1.07 bits per heavy atom. The van der Waals surface area contributed by atoms with Crippen molar-refractivity contribution in [1.82, 2.24) is 4.98 Å². The van der Waals surface area contributed by atoms with Gasteiger partial charge in [0.1, 0.15) is 0 Å². The van der Waals surface area contributed by atoms with Crippen molar-refractivity contribution in [2.75, 3.05) is 6.61 Å². The number of aromatic amines is 1. The lowest BCUT2D eigenvalue weighted by Gasteiger charge is -2.13. The quantitative estimate of drug-likeness (QED) is 0.556. The van der Waals surface area contributed by atoms with Crippen LogP contribution >= 0.6 is 23.2 Å². The molecule has 1 heterocycles. The maximum Gasteiger partial charge on any atom is 0.341 e. The molecule has 0 saturated carbocycles. The van der Waals surface area contributed by atoms with Crippen LogP contribution in [0.2, 0.25) is 10.0 Å². The van der Waals surface area contributed by atoms with Gasteiger partial charge in [-0.05, 0) is 45.4 Å². The maximum absolute atomic E-state index is 12.7. The summed E-state index contributed by atoms with van der Waals surface area (Å²) in [7, 11) is 0. The number of ketones is 1. The number of aromatic nitrogens is 1. The van der Waals surface area contributed by atoms with Gasteiger partial charge in [0, 0.05) is 5.69 Å². The van der Waals surface area contributed by atoms with Crippen LogP contribution in [0.3, 0.4) is 0 Å². The number of halogens is 2. The fourth-order valence-corrected chi connectivity index (χ4v) is 3.23. The largest absolute Gasteiger partial charge is 0.462 e. The molecule has 0 amide bonds. The van der Waals surface area contributed by atoms with Crippen LogP contribution in [-0.4, -0.2) is 35.4 Å². The predicted octanol–water partition coefficient (Wildman–Crippen LogP) is 4.54. The summed E-state index contributed by atoms with van der Waals surface area (Å²) >= 11 is 12.0. The maximum atomic E-state index is 12.7. The van der Waals surface area contributed by atoms with E-state index in [0.29, 0.717) is 16.8 Å². The summed E-state index contributed by atoms with van der Waals surface area (Å²) < 4.78 is 10.2. The third-order valence-corrected chi connectivity index (χ3v) is 4.61. The van der Waals surface area contributed by atoms with Crippen LogP contribution in [0.5, 0.6) is 0 Å². The van der Waals surface area contributed by atoms with Crippen molar-refractivity contribution in [1.29, 1.82) is 0 Å². The predicted molar refractivity (Wildman–Crippen MR) is 102 cm³/mol. The molecule has 6 nitrogen and oxygen atoms in total. The van der Waals surface area contributed by atoms with E-state index in [0.717, 1.165) is 0 Å². The number of H-pyrrole nitrogens is 1. The molecular weight excluding hydrogens is 393 g/mol. The first-order chi connectivity index (χ1) is 12.7. The molecular formula is C19H19Cl2NO5. The van der Waals surface area contributed by atoms with Crippen LogP contribution in [0.4, 0.5) is 0 Å². The van der Waals surface area contributed by atoms with Crippen molar-refractivity contribution in [3.05, 3.63) is 56.3 Å². The number of carbonyl (C=O) groups is 3. The van der Waals surface area contributed by atoms with Gasteiger partial charge in [-0.25, -0.2) is 9.59 Å². The monoisotopic (exact) mass is 411 g/mol. The number of hydrogen-bond donors (Lipinski definition) is 1. The van der Waals surface area contributed by atoms with Crippen molar-refractivity contribution < 1.29 is 23.9 Å². The van der Waals surface area contributed by atoms with Crippen molar-refractivity contribution in [3.63, 3.8) is 0 Å². The van der Waals surface area contributed by atoms with Gasteiger partial charge >= 0.3 is 11.9 Å². The topological polar surface area (TPSA) is 85.5 Å². The number of rotatable bonds is 6. The second-order valence-electron chi connectivity index (χ2n) is 5.85. The van der Waals surface area contributed by atoms with Crippen LogP contribution in [0.15, 0.2) is 18.2 Å². The molecule has 0 unspecified atom stereocenters. The first-order valence-electron chi connectivity index (χ1n) is 8.24. The zero-order valence-corrected chi connectivity index (χ0v) is 16.8. The second-order valence-corrected chi connectivity index (χ2v) is 6.67. The van der Waals surface area contributed by atoms with Gasteiger partial charge in [0.2, 0.25) is 5.78 Å². The molecule has 0 saturated heterocycles. The van der Waals surface area contributed by atoms with E-state index in [9.17, 15) is 14.4 Å². The van der Waals surface area contributed by atoms with Gasteiger partial charge in [-0.2, -0.15) is 0 Å². The lowest BCUT2D eigenvalue weighted by Crippen LogP contribution is -2.25. The highest BCUT2D eigenvalue weighted by molar-refractivity contribution is 6.39. The molecule has 144 valence electrons. The van der Waals surface area contributed by atoms with E-state index >= 15 is 0 Å². The first kappa shape index (κ1) is 21.0. The molecule has 1 aromatic carbocycles. The van der Waals surface area contributed by atoms with Gasteiger partial charge in [0.15, 0.2) is 6.10 Å². The van der Waals surface area contributed by atoms with E-state index in [1.807, 2.05) is 0 Å². The van der Waals surface area contributed by atoms with Gasteiger partial charge in [0.05, 0.1) is 33.5 Å². The normalized spacial score (nSPS) is 11.8. The highest BCUT2D eigenvalue weighted by atomic mass is 35.5. The van der Waals surface area contributed by atoms with Crippen molar-refractivity contribution in [2.45, 2.75) is 33.8 Å². The minimum absolute atomic E-state index is 0.00733. The molecule has 0 aliphatic heterocycles. The molecule has 1 aromatic heterocycles. The number of esters is 2. The summed E-state index contributed by atoms with van der Waals surface area (Å²) in [5, 5.41) is 0.257. The zero-order valence-electron chi connectivity index (χ0n) is 15.3. The SMILES string of the molecule is CCOC(=O)c1c(C)[nH]c(C(=O)[C@H](C)OC(=O)c2c(Cl)cccc2Cl)c1C. The average Bonchev–Trinajstić information content (AvgIpc) is 2.88. The number of carbonyl (C=O) groups excluding carboxylic acids is 3. The standard InChI is InChI=1S/C19H19Cl2NO5/c1-5-26-18(24)14-9(2)16(22-10(14)3)17(23)11(4)27-19(25)15-12(20)7-6-8-13(15)21/h6-8,11,22H,5H2,1-4H3/t11-/m0/s1. The summed E-state index contributed by atoms with van der Waals surface area (Å²) in [4.78, 5) is 40.0. The van der Waals surface area contributed by atoms with E-state index in [1.165, 1.54) is 19.1 Å². The fraction of sp³-hybridized carbons (Fsp3) is 0.316. The third kappa shape index (κ3) is 4.34. The Kier molecular flexibility index (Phi) is 6.68. The molecule has 0 aliphatic rings. The van der Waals surface area contributed by atoms with Gasteiger partial charge < -0.3 is 14.5 Å². The third-order valence-electron chi connectivity index (χ3n) is 3.98. The van der Waals surface area contributed by atoms with Crippen molar-refractivity contribution in [2.24, 2.45) is 0 Å². The molecule has 1 atom stereocenters. The first-order valence-corrected chi connectivity index (χ1v) is 9.00. The van der Waals surface area contributed by atoms with E-state index < -0.39 is 23.8 Å². The van der Waals surface area contributed by atoms with Gasteiger partial charge in [-0.3, -0.25) is 4.79 Å².